The molecule has 0 saturated heterocycles. The predicted molar refractivity (Wildman–Crippen MR) is 77.9 cm³/mol. The van der Waals surface area contributed by atoms with Gasteiger partial charge in [0.1, 0.15) is 17.1 Å². The van der Waals surface area contributed by atoms with Crippen molar-refractivity contribution in [1.82, 2.24) is 8.87 Å². The number of hydrogen-bond acceptors (Lipinski definition) is 5. The minimum atomic E-state index is -4.06. The molecule has 1 aromatic heterocycles. The summed E-state index contributed by atoms with van der Waals surface area (Å²) in [6, 6.07) is 5.35. The van der Waals surface area contributed by atoms with Gasteiger partial charge in [0.2, 0.25) is 0 Å². The van der Waals surface area contributed by atoms with E-state index in [0.717, 1.165) is 12.7 Å². The van der Waals surface area contributed by atoms with Gasteiger partial charge in [-0.15, -0.1) is 0 Å². The Labute approximate surface area is 127 Å². The first-order valence-corrected chi connectivity index (χ1v) is 7.96. The molecule has 2 aromatic rings. The minimum absolute atomic E-state index is 0.0393. The van der Waals surface area contributed by atoms with E-state index in [1.165, 1.54) is 0 Å². The summed E-state index contributed by atoms with van der Waals surface area (Å²) in [6.45, 7) is 1.22. The van der Waals surface area contributed by atoms with Crippen molar-refractivity contribution >= 4 is 32.8 Å². The number of amides is 1. The Morgan fingerprint density at radius 2 is 2.00 bits per heavy atom. The van der Waals surface area contributed by atoms with Gasteiger partial charge < -0.3 is 9.30 Å². The van der Waals surface area contributed by atoms with Gasteiger partial charge in [-0.3, -0.25) is 9.59 Å². The number of benzene rings is 1. The SMILES string of the molecule is COC(=O)CN1C(=O)c2c(c3cc(C)ccc3n2C)S1(=O)=O. The second-order valence-electron chi connectivity index (χ2n) is 5.15. The quantitative estimate of drug-likeness (QED) is 0.764. The molecule has 1 aliphatic rings. The summed E-state index contributed by atoms with van der Waals surface area (Å²) in [5.41, 5.74) is 1.62. The molecule has 3 rings (SSSR count). The van der Waals surface area contributed by atoms with Crippen LogP contribution in [-0.2, 0) is 26.6 Å². The van der Waals surface area contributed by atoms with Gasteiger partial charge in [0.25, 0.3) is 15.9 Å². The van der Waals surface area contributed by atoms with Gasteiger partial charge >= 0.3 is 5.97 Å². The molecule has 0 atom stereocenters. The number of carbonyl (C=O) groups is 2. The number of hydrogen-bond donors (Lipinski definition) is 0. The smallest absolute Gasteiger partial charge is 0.326 e. The molecule has 0 fully saturated rings. The van der Waals surface area contributed by atoms with Crippen LogP contribution in [0.3, 0.4) is 0 Å². The van der Waals surface area contributed by atoms with E-state index >= 15 is 0 Å². The molecule has 1 aliphatic heterocycles. The van der Waals surface area contributed by atoms with Crippen LogP contribution in [0.4, 0.5) is 0 Å². The van der Waals surface area contributed by atoms with Gasteiger partial charge in [-0.25, -0.2) is 12.7 Å². The molecule has 0 saturated carbocycles. The summed E-state index contributed by atoms with van der Waals surface area (Å²) in [7, 11) is -1.29. The molecule has 1 aromatic carbocycles. The largest absolute Gasteiger partial charge is 0.468 e. The molecule has 22 heavy (non-hydrogen) atoms. The van der Waals surface area contributed by atoms with Crippen LogP contribution >= 0.6 is 0 Å². The molecule has 116 valence electrons. The Morgan fingerprint density at radius 3 is 2.64 bits per heavy atom. The van der Waals surface area contributed by atoms with Crippen molar-refractivity contribution in [3.05, 3.63) is 29.5 Å². The second kappa shape index (κ2) is 4.57. The van der Waals surface area contributed by atoms with Gasteiger partial charge in [0.15, 0.2) is 0 Å². The molecule has 2 heterocycles. The fraction of sp³-hybridized carbons (Fsp3) is 0.286. The topological polar surface area (TPSA) is 85.7 Å². The maximum atomic E-state index is 12.7. The van der Waals surface area contributed by atoms with Crippen molar-refractivity contribution in [2.75, 3.05) is 13.7 Å². The first-order chi connectivity index (χ1) is 10.3. The number of fused-ring (bicyclic) bond motifs is 3. The average Bonchev–Trinajstić information content (AvgIpc) is 2.85. The number of sulfonamides is 1. The van der Waals surface area contributed by atoms with Gasteiger partial charge in [-0.05, 0) is 19.1 Å². The molecule has 0 radical (unpaired) electrons. The first kappa shape index (κ1) is 14.6. The zero-order valence-corrected chi connectivity index (χ0v) is 13.1. The van der Waals surface area contributed by atoms with Gasteiger partial charge in [-0.2, -0.15) is 0 Å². The lowest BCUT2D eigenvalue weighted by molar-refractivity contribution is -0.140. The zero-order chi connectivity index (χ0) is 16.2. The molecule has 0 spiro atoms. The summed E-state index contributed by atoms with van der Waals surface area (Å²) >= 11 is 0. The minimum Gasteiger partial charge on any atom is -0.468 e. The van der Waals surface area contributed by atoms with Gasteiger partial charge in [0.05, 0.1) is 7.11 Å². The Balaban J connectivity index is 2.29. The summed E-state index contributed by atoms with van der Waals surface area (Å²) < 4.78 is 31.9. The fourth-order valence-corrected chi connectivity index (χ4v) is 4.41. The first-order valence-electron chi connectivity index (χ1n) is 6.52. The third kappa shape index (κ3) is 1.77. The maximum absolute atomic E-state index is 12.7. The van der Waals surface area contributed by atoms with Crippen molar-refractivity contribution < 1.29 is 22.7 Å². The molecule has 0 unspecified atom stereocenters. The van der Waals surface area contributed by atoms with E-state index in [1.807, 2.05) is 13.0 Å². The third-order valence-corrected chi connectivity index (χ3v) is 5.59. The van der Waals surface area contributed by atoms with E-state index in [4.69, 9.17) is 0 Å². The van der Waals surface area contributed by atoms with E-state index in [9.17, 15) is 18.0 Å². The highest BCUT2D eigenvalue weighted by atomic mass is 32.2. The van der Waals surface area contributed by atoms with Crippen LogP contribution in [0.5, 0.6) is 0 Å². The van der Waals surface area contributed by atoms with E-state index < -0.39 is 28.4 Å². The molecule has 7 nitrogen and oxygen atoms in total. The highest BCUT2D eigenvalue weighted by Crippen LogP contribution is 2.38. The summed E-state index contributed by atoms with van der Waals surface area (Å²) in [6.07, 6.45) is 0. The third-order valence-electron chi connectivity index (χ3n) is 3.79. The van der Waals surface area contributed by atoms with Gasteiger partial charge in [0, 0.05) is 18.0 Å². The number of rotatable bonds is 2. The maximum Gasteiger partial charge on any atom is 0.326 e. The summed E-state index contributed by atoms with van der Waals surface area (Å²) in [4.78, 5) is 23.8. The Kier molecular flexibility index (Phi) is 3.03. The lowest BCUT2D eigenvalue weighted by Gasteiger charge is -2.14. The number of ether oxygens (including phenoxy) is 1. The number of nitrogens with zero attached hydrogens (tertiary/aromatic N) is 2. The molecule has 8 heteroatoms. The standard InChI is InChI=1S/C14H14N2O5S/c1-8-4-5-10-9(6-8)13-12(15(10)2)14(18)16(22(13,19)20)7-11(17)21-3/h4-6H,7H2,1-3H3. The lowest BCUT2D eigenvalue weighted by atomic mass is 10.2. The molecule has 0 bridgehead atoms. The molecule has 0 aliphatic carbocycles. The number of aryl methyl sites for hydroxylation is 2. The lowest BCUT2D eigenvalue weighted by Crippen LogP contribution is -2.36. The van der Waals surface area contributed by atoms with Crippen LogP contribution in [0.15, 0.2) is 23.1 Å². The Bertz CT molecular complexity index is 926. The van der Waals surface area contributed by atoms with E-state index in [2.05, 4.69) is 4.74 Å². The second-order valence-corrected chi connectivity index (χ2v) is 6.95. The van der Waals surface area contributed by atoms with E-state index in [1.54, 1.807) is 23.7 Å². The highest BCUT2D eigenvalue weighted by molar-refractivity contribution is 7.90. The highest BCUT2D eigenvalue weighted by Gasteiger charge is 2.46. The van der Waals surface area contributed by atoms with Crippen LogP contribution in [0.2, 0.25) is 0 Å². The van der Waals surface area contributed by atoms with Crippen molar-refractivity contribution in [2.24, 2.45) is 7.05 Å². The number of methoxy groups -OCH3 is 1. The average molecular weight is 322 g/mol. The Hall–Kier alpha value is -2.35. The number of esters is 1. The number of carbonyl (C=O) groups excluding carboxylic acids is 2. The van der Waals surface area contributed by atoms with Crippen molar-refractivity contribution in [3.63, 3.8) is 0 Å². The molecule has 0 N–H and O–H groups in total. The van der Waals surface area contributed by atoms with Crippen molar-refractivity contribution in [2.45, 2.75) is 11.8 Å². The van der Waals surface area contributed by atoms with Crippen LogP contribution in [0.25, 0.3) is 10.9 Å². The number of aromatic nitrogens is 1. The monoisotopic (exact) mass is 322 g/mol. The predicted octanol–water partition coefficient (Wildman–Crippen LogP) is 0.804. The van der Waals surface area contributed by atoms with Gasteiger partial charge in [-0.1, -0.05) is 11.6 Å². The van der Waals surface area contributed by atoms with Crippen LogP contribution in [0.1, 0.15) is 16.1 Å². The summed E-state index contributed by atoms with van der Waals surface area (Å²) in [5.74, 6) is -1.50. The molecular formula is C14H14N2O5S. The zero-order valence-electron chi connectivity index (χ0n) is 12.3. The normalized spacial score (nSPS) is 16.1. The van der Waals surface area contributed by atoms with Crippen LogP contribution < -0.4 is 0 Å². The van der Waals surface area contributed by atoms with Crippen LogP contribution in [-0.4, -0.2) is 42.8 Å². The molecular weight excluding hydrogens is 308 g/mol. The van der Waals surface area contributed by atoms with Crippen molar-refractivity contribution in [1.29, 1.82) is 0 Å². The van der Waals surface area contributed by atoms with Crippen LogP contribution in [0, 0.1) is 6.92 Å². The fourth-order valence-electron chi connectivity index (χ4n) is 2.70. The summed E-state index contributed by atoms with van der Waals surface area (Å²) in [5, 5.41) is 0.484. The molecule has 1 amide bonds. The Morgan fingerprint density at radius 1 is 1.32 bits per heavy atom. The van der Waals surface area contributed by atoms with Crippen molar-refractivity contribution in [3.8, 4) is 0 Å². The van der Waals surface area contributed by atoms with E-state index in [-0.39, 0.29) is 10.6 Å². The van der Waals surface area contributed by atoms with E-state index in [0.29, 0.717) is 15.2 Å².